The standard InChI is InChI=1S/C10H8BrN7S/c1-12-10-13-2-5(11)8(18-10)19-9-6-7(15-3-14-6)16-4-17-9/h2-4H,1H3,(H,12,13,18)(H,14,15,16,17). The number of halogens is 1. The molecule has 3 aromatic heterocycles. The molecule has 3 aromatic rings. The summed E-state index contributed by atoms with van der Waals surface area (Å²) >= 11 is 4.85. The molecule has 0 saturated heterocycles. The lowest BCUT2D eigenvalue weighted by atomic mass is 10.6. The maximum atomic E-state index is 4.38. The average molecular weight is 338 g/mol. The minimum atomic E-state index is 0.556. The molecule has 0 atom stereocenters. The summed E-state index contributed by atoms with van der Waals surface area (Å²) in [6.07, 6.45) is 4.78. The first-order valence-electron chi connectivity index (χ1n) is 5.30. The highest BCUT2D eigenvalue weighted by atomic mass is 79.9. The van der Waals surface area contributed by atoms with E-state index in [-0.39, 0.29) is 0 Å². The second-order valence-corrected chi connectivity index (χ2v) is 5.31. The molecule has 0 bridgehead atoms. The van der Waals surface area contributed by atoms with Crippen LogP contribution in [0.4, 0.5) is 5.95 Å². The van der Waals surface area contributed by atoms with Gasteiger partial charge in [0, 0.05) is 13.2 Å². The quantitative estimate of drug-likeness (QED) is 0.707. The lowest BCUT2D eigenvalue weighted by molar-refractivity contribution is 1.01. The lowest BCUT2D eigenvalue weighted by Crippen LogP contribution is -1.97. The van der Waals surface area contributed by atoms with E-state index in [1.807, 2.05) is 0 Å². The van der Waals surface area contributed by atoms with Gasteiger partial charge in [0.15, 0.2) is 5.65 Å². The maximum Gasteiger partial charge on any atom is 0.223 e. The van der Waals surface area contributed by atoms with E-state index < -0.39 is 0 Å². The van der Waals surface area contributed by atoms with Gasteiger partial charge in [-0.2, -0.15) is 0 Å². The highest BCUT2D eigenvalue weighted by molar-refractivity contribution is 9.10. The monoisotopic (exact) mass is 337 g/mol. The van der Waals surface area contributed by atoms with Gasteiger partial charge in [-0.1, -0.05) is 0 Å². The van der Waals surface area contributed by atoms with Gasteiger partial charge in [0.25, 0.3) is 0 Å². The van der Waals surface area contributed by atoms with Crippen molar-refractivity contribution < 1.29 is 0 Å². The number of fused-ring (bicyclic) bond motifs is 1. The maximum absolute atomic E-state index is 4.38. The Morgan fingerprint density at radius 1 is 1.21 bits per heavy atom. The van der Waals surface area contributed by atoms with Crippen LogP contribution in [0.1, 0.15) is 0 Å². The number of nitrogens with one attached hydrogen (secondary N) is 2. The fourth-order valence-corrected chi connectivity index (χ4v) is 2.71. The number of nitrogens with zero attached hydrogens (tertiary/aromatic N) is 5. The van der Waals surface area contributed by atoms with E-state index in [2.05, 4.69) is 51.2 Å². The smallest absolute Gasteiger partial charge is 0.223 e. The van der Waals surface area contributed by atoms with Gasteiger partial charge in [0.05, 0.1) is 10.8 Å². The van der Waals surface area contributed by atoms with Crippen LogP contribution in [-0.4, -0.2) is 37.0 Å². The van der Waals surface area contributed by atoms with Crippen molar-refractivity contribution >= 4 is 44.8 Å². The molecule has 0 radical (unpaired) electrons. The van der Waals surface area contributed by atoms with Crippen LogP contribution in [0.3, 0.4) is 0 Å². The van der Waals surface area contributed by atoms with Gasteiger partial charge in [0.1, 0.15) is 21.9 Å². The van der Waals surface area contributed by atoms with E-state index in [4.69, 9.17) is 0 Å². The molecule has 2 N–H and O–H groups in total. The van der Waals surface area contributed by atoms with E-state index in [9.17, 15) is 0 Å². The van der Waals surface area contributed by atoms with Crippen molar-refractivity contribution in [3.63, 3.8) is 0 Å². The van der Waals surface area contributed by atoms with Crippen molar-refractivity contribution in [2.75, 3.05) is 12.4 Å². The third kappa shape index (κ3) is 2.38. The summed E-state index contributed by atoms with van der Waals surface area (Å²) in [6.45, 7) is 0. The van der Waals surface area contributed by atoms with E-state index in [0.717, 1.165) is 20.0 Å². The molecule has 96 valence electrons. The number of aromatic amines is 1. The number of aromatic nitrogens is 6. The highest BCUT2D eigenvalue weighted by Crippen LogP contribution is 2.33. The fourth-order valence-electron chi connectivity index (χ4n) is 1.46. The Bertz CT molecular complexity index is 729. The average Bonchev–Trinajstić information content (AvgIpc) is 2.90. The Balaban J connectivity index is 2.03. The van der Waals surface area contributed by atoms with Gasteiger partial charge in [0.2, 0.25) is 5.95 Å². The van der Waals surface area contributed by atoms with E-state index in [0.29, 0.717) is 11.6 Å². The number of hydrogen-bond acceptors (Lipinski definition) is 7. The first-order chi connectivity index (χ1) is 9.28. The molecule has 0 saturated carbocycles. The van der Waals surface area contributed by atoms with Crippen molar-refractivity contribution in [2.45, 2.75) is 10.1 Å². The summed E-state index contributed by atoms with van der Waals surface area (Å²) in [5.41, 5.74) is 1.43. The number of anilines is 1. The minimum Gasteiger partial charge on any atom is -0.357 e. The van der Waals surface area contributed by atoms with Crippen molar-refractivity contribution in [3.05, 3.63) is 23.3 Å². The van der Waals surface area contributed by atoms with Gasteiger partial charge in [-0.3, -0.25) is 0 Å². The van der Waals surface area contributed by atoms with E-state index >= 15 is 0 Å². The molecular weight excluding hydrogens is 330 g/mol. The van der Waals surface area contributed by atoms with Gasteiger partial charge in [-0.15, -0.1) is 0 Å². The number of rotatable bonds is 3. The van der Waals surface area contributed by atoms with E-state index in [1.54, 1.807) is 19.6 Å². The molecule has 0 aliphatic carbocycles. The van der Waals surface area contributed by atoms with Crippen molar-refractivity contribution in [1.82, 2.24) is 29.9 Å². The Morgan fingerprint density at radius 2 is 2.11 bits per heavy atom. The molecule has 0 unspecified atom stereocenters. The second-order valence-electron chi connectivity index (χ2n) is 3.48. The van der Waals surface area contributed by atoms with Crippen molar-refractivity contribution in [1.29, 1.82) is 0 Å². The molecule has 19 heavy (non-hydrogen) atoms. The van der Waals surface area contributed by atoms with Crippen LogP contribution in [0.2, 0.25) is 0 Å². The zero-order chi connectivity index (χ0) is 13.2. The molecule has 3 rings (SSSR count). The van der Waals surface area contributed by atoms with Crippen LogP contribution in [0.25, 0.3) is 11.2 Å². The van der Waals surface area contributed by atoms with Crippen LogP contribution in [0.15, 0.2) is 33.4 Å². The van der Waals surface area contributed by atoms with Crippen molar-refractivity contribution in [3.8, 4) is 0 Å². The third-order valence-electron chi connectivity index (χ3n) is 2.32. The van der Waals surface area contributed by atoms with Crippen LogP contribution in [0.5, 0.6) is 0 Å². The van der Waals surface area contributed by atoms with E-state index in [1.165, 1.54) is 18.1 Å². The predicted octanol–water partition coefficient (Wildman–Crippen LogP) is 2.10. The molecule has 7 nitrogen and oxygen atoms in total. The fraction of sp³-hybridized carbons (Fsp3) is 0.100. The Labute approximate surface area is 120 Å². The van der Waals surface area contributed by atoms with Crippen LogP contribution in [-0.2, 0) is 0 Å². The first-order valence-corrected chi connectivity index (χ1v) is 6.91. The van der Waals surface area contributed by atoms with Gasteiger partial charge >= 0.3 is 0 Å². The minimum absolute atomic E-state index is 0.556. The Morgan fingerprint density at radius 3 is 2.95 bits per heavy atom. The molecule has 0 aliphatic heterocycles. The highest BCUT2D eigenvalue weighted by Gasteiger charge is 2.12. The molecule has 0 spiro atoms. The summed E-state index contributed by atoms with van der Waals surface area (Å²) in [4.78, 5) is 23.9. The van der Waals surface area contributed by atoms with Gasteiger partial charge < -0.3 is 10.3 Å². The molecule has 3 heterocycles. The number of imidazole rings is 1. The van der Waals surface area contributed by atoms with Crippen LogP contribution < -0.4 is 5.32 Å². The van der Waals surface area contributed by atoms with Gasteiger partial charge in [-0.25, -0.2) is 24.9 Å². The summed E-state index contributed by atoms with van der Waals surface area (Å²) < 4.78 is 0.808. The molecule has 0 aromatic carbocycles. The Hall–Kier alpha value is -1.74. The summed E-state index contributed by atoms with van der Waals surface area (Å²) in [6, 6.07) is 0. The summed E-state index contributed by atoms with van der Waals surface area (Å²) in [5, 5.41) is 4.44. The summed E-state index contributed by atoms with van der Waals surface area (Å²) in [7, 11) is 1.77. The number of hydrogen-bond donors (Lipinski definition) is 2. The molecule has 0 aliphatic rings. The zero-order valence-electron chi connectivity index (χ0n) is 9.75. The SMILES string of the molecule is CNc1ncc(Br)c(Sc2ncnc3nc[nH]c23)n1. The second kappa shape index (κ2) is 5.10. The largest absolute Gasteiger partial charge is 0.357 e. The summed E-state index contributed by atoms with van der Waals surface area (Å²) in [5.74, 6) is 0.556. The molecule has 9 heteroatoms. The molecule has 0 fully saturated rings. The zero-order valence-corrected chi connectivity index (χ0v) is 12.2. The van der Waals surface area contributed by atoms with Crippen molar-refractivity contribution in [2.24, 2.45) is 0 Å². The third-order valence-corrected chi connectivity index (χ3v) is 4.17. The lowest BCUT2D eigenvalue weighted by Gasteiger charge is -2.05. The van der Waals surface area contributed by atoms with Crippen LogP contribution in [0, 0.1) is 0 Å². The van der Waals surface area contributed by atoms with Gasteiger partial charge in [-0.05, 0) is 27.7 Å². The Kier molecular flexibility index (Phi) is 3.30. The first kappa shape index (κ1) is 12.3. The normalized spacial score (nSPS) is 10.8. The topological polar surface area (TPSA) is 92.3 Å². The molecule has 0 amide bonds. The predicted molar refractivity (Wildman–Crippen MR) is 75.1 cm³/mol. The van der Waals surface area contributed by atoms with Crippen LogP contribution >= 0.6 is 27.7 Å². The number of H-pyrrole nitrogens is 1. The molecular formula is C10H8BrN7S.